The lowest BCUT2D eigenvalue weighted by molar-refractivity contribution is -0.169. The van der Waals surface area contributed by atoms with Crippen molar-refractivity contribution in [3.63, 3.8) is 0 Å². The number of hydrogen-bond donors (Lipinski definition) is 0. The van der Waals surface area contributed by atoms with E-state index in [9.17, 15) is 14.4 Å². The van der Waals surface area contributed by atoms with Gasteiger partial charge in [-0.15, -0.1) is 11.3 Å². The van der Waals surface area contributed by atoms with E-state index >= 15 is 0 Å². The molecule has 1 aliphatic rings. The molecule has 0 N–H and O–H groups in total. The van der Waals surface area contributed by atoms with Gasteiger partial charge in [0.1, 0.15) is 0 Å². The second-order valence-electron chi connectivity index (χ2n) is 5.95. The van der Waals surface area contributed by atoms with Gasteiger partial charge < -0.3 is 4.84 Å². The van der Waals surface area contributed by atoms with E-state index in [0.717, 1.165) is 4.88 Å². The van der Waals surface area contributed by atoms with Crippen molar-refractivity contribution in [2.75, 3.05) is 0 Å². The minimum atomic E-state index is -0.613. The van der Waals surface area contributed by atoms with Gasteiger partial charge in [-0.1, -0.05) is 37.1 Å². The summed E-state index contributed by atoms with van der Waals surface area (Å²) < 4.78 is 0. The lowest BCUT2D eigenvalue weighted by Crippen LogP contribution is -2.34. The van der Waals surface area contributed by atoms with Crippen LogP contribution in [0.4, 0.5) is 0 Å². The molecule has 0 spiro atoms. The van der Waals surface area contributed by atoms with Crippen LogP contribution in [0.15, 0.2) is 41.8 Å². The minimum Gasteiger partial charge on any atom is -0.330 e. The van der Waals surface area contributed by atoms with Crippen molar-refractivity contribution < 1.29 is 19.2 Å². The molecule has 1 aromatic heterocycles. The predicted molar refractivity (Wildman–Crippen MR) is 85.0 cm³/mol. The van der Waals surface area contributed by atoms with Crippen LogP contribution in [0.1, 0.15) is 45.9 Å². The molecule has 0 atom stereocenters. The summed E-state index contributed by atoms with van der Waals surface area (Å²) in [6.07, 6.45) is 0.0704. The molecule has 23 heavy (non-hydrogen) atoms. The molecular weight excluding hydrogens is 314 g/mol. The molecular formula is C17H15NO4S. The lowest BCUT2D eigenvalue weighted by atomic mass is 9.88. The quantitative estimate of drug-likeness (QED) is 0.808. The molecule has 5 nitrogen and oxygen atoms in total. The first-order valence-corrected chi connectivity index (χ1v) is 8.01. The van der Waals surface area contributed by atoms with E-state index in [1.807, 2.05) is 31.4 Å². The second-order valence-corrected chi connectivity index (χ2v) is 6.90. The SMILES string of the molecule is CC(C)(CC(=O)ON1C(=O)c2ccccc2C1=O)c1cccs1. The first-order chi connectivity index (χ1) is 10.9. The van der Waals surface area contributed by atoms with E-state index in [-0.39, 0.29) is 17.5 Å². The summed E-state index contributed by atoms with van der Waals surface area (Å²) in [6, 6.07) is 10.3. The van der Waals surface area contributed by atoms with Gasteiger partial charge in [0.2, 0.25) is 0 Å². The Labute approximate surface area is 137 Å². The monoisotopic (exact) mass is 329 g/mol. The minimum absolute atomic E-state index is 0.0704. The molecule has 2 amide bonds. The fraction of sp³-hybridized carbons (Fsp3) is 0.235. The van der Waals surface area contributed by atoms with Crippen LogP contribution in [-0.2, 0) is 15.0 Å². The highest BCUT2D eigenvalue weighted by Gasteiger charge is 2.39. The molecule has 6 heteroatoms. The highest BCUT2D eigenvalue weighted by atomic mass is 32.1. The van der Waals surface area contributed by atoms with Crippen LogP contribution >= 0.6 is 11.3 Å². The number of carbonyl (C=O) groups excluding carboxylic acids is 3. The summed E-state index contributed by atoms with van der Waals surface area (Å²) in [7, 11) is 0. The molecule has 0 aliphatic carbocycles. The van der Waals surface area contributed by atoms with Crippen LogP contribution in [0.2, 0.25) is 0 Å². The molecule has 2 heterocycles. The fourth-order valence-electron chi connectivity index (χ4n) is 2.50. The number of rotatable bonds is 4. The van der Waals surface area contributed by atoms with Gasteiger partial charge in [0.25, 0.3) is 11.8 Å². The zero-order valence-electron chi connectivity index (χ0n) is 12.7. The van der Waals surface area contributed by atoms with Crippen molar-refractivity contribution in [3.8, 4) is 0 Å². The molecule has 2 aromatic rings. The standard InChI is InChI=1S/C17H15NO4S/c1-17(2,13-8-5-9-23-13)10-14(19)22-18-15(20)11-6-3-4-7-12(11)16(18)21/h3-9H,10H2,1-2H3. The van der Waals surface area contributed by atoms with Crippen molar-refractivity contribution in [1.82, 2.24) is 5.06 Å². The molecule has 0 radical (unpaired) electrons. The third-order valence-corrected chi connectivity index (χ3v) is 4.96. The summed E-state index contributed by atoms with van der Waals surface area (Å²) in [4.78, 5) is 42.6. The Kier molecular flexibility index (Phi) is 3.77. The van der Waals surface area contributed by atoms with Crippen molar-refractivity contribution >= 4 is 29.1 Å². The van der Waals surface area contributed by atoms with Crippen molar-refractivity contribution in [2.45, 2.75) is 25.7 Å². The lowest BCUT2D eigenvalue weighted by Gasteiger charge is -2.23. The van der Waals surface area contributed by atoms with E-state index in [1.54, 1.807) is 35.6 Å². The maximum absolute atomic E-state index is 12.2. The summed E-state index contributed by atoms with van der Waals surface area (Å²) in [5.41, 5.74) is 0.0786. The Morgan fingerprint density at radius 2 is 1.70 bits per heavy atom. The van der Waals surface area contributed by atoms with Gasteiger partial charge in [-0.25, -0.2) is 4.79 Å². The smallest absolute Gasteiger partial charge is 0.330 e. The number of benzene rings is 1. The summed E-state index contributed by atoms with van der Waals surface area (Å²) in [6.45, 7) is 3.84. The molecule has 1 aliphatic heterocycles. The number of hydrogen-bond acceptors (Lipinski definition) is 5. The van der Waals surface area contributed by atoms with Gasteiger partial charge in [0.15, 0.2) is 0 Å². The van der Waals surface area contributed by atoms with Gasteiger partial charge in [0.05, 0.1) is 17.5 Å². The number of nitrogens with zero attached hydrogens (tertiary/aromatic N) is 1. The Morgan fingerprint density at radius 3 is 2.22 bits per heavy atom. The Balaban J connectivity index is 1.72. The van der Waals surface area contributed by atoms with Crippen molar-refractivity contribution in [3.05, 3.63) is 57.8 Å². The number of carbonyl (C=O) groups is 3. The molecule has 0 unspecified atom stereocenters. The van der Waals surface area contributed by atoms with Crippen molar-refractivity contribution in [1.29, 1.82) is 0 Å². The normalized spacial score (nSPS) is 14.1. The molecule has 1 aromatic carbocycles. The molecule has 0 bridgehead atoms. The molecule has 118 valence electrons. The van der Waals surface area contributed by atoms with Crippen LogP contribution in [0.3, 0.4) is 0 Å². The Morgan fingerprint density at radius 1 is 1.09 bits per heavy atom. The fourth-order valence-corrected chi connectivity index (χ4v) is 3.35. The molecule has 0 saturated carbocycles. The topological polar surface area (TPSA) is 63.7 Å². The predicted octanol–water partition coefficient (Wildman–Crippen LogP) is 3.17. The first kappa shape index (κ1) is 15.4. The number of hydroxylamine groups is 2. The second kappa shape index (κ2) is 5.62. The molecule has 3 rings (SSSR count). The van der Waals surface area contributed by atoms with Crippen LogP contribution in [0.5, 0.6) is 0 Å². The van der Waals surface area contributed by atoms with Gasteiger partial charge in [-0.05, 0) is 23.6 Å². The number of amides is 2. The maximum Gasteiger partial charge on any atom is 0.334 e. The summed E-state index contributed by atoms with van der Waals surface area (Å²) in [5, 5.41) is 2.49. The van der Waals surface area contributed by atoms with Crippen LogP contribution < -0.4 is 0 Å². The van der Waals surface area contributed by atoms with Gasteiger partial charge in [-0.2, -0.15) is 0 Å². The summed E-state index contributed by atoms with van der Waals surface area (Å²) in [5.74, 6) is -1.82. The highest BCUT2D eigenvalue weighted by molar-refractivity contribution is 7.10. The number of thiophene rings is 1. The van der Waals surface area contributed by atoms with Crippen LogP contribution in [0.25, 0.3) is 0 Å². The van der Waals surface area contributed by atoms with E-state index in [4.69, 9.17) is 4.84 Å². The Bertz CT molecular complexity index is 745. The maximum atomic E-state index is 12.2. The number of imide groups is 1. The average molecular weight is 329 g/mol. The third-order valence-electron chi connectivity index (χ3n) is 3.72. The first-order valence-electron chi connectivity index (χ1n) is 7.13. The van der Waals surface area contributed by atoms with E-state index in [2.05, 4.69) is 0 Å². The van der Waals surface area contributed by atoms with E-state index in [1.165, 1.54) is 0 Å². The van der Waals surface area contributed by atoms with Crippen molar-refractivity contribution in [2.24, 2.45) is 0 Å². The van der Waals surface area contributed by atoms with Gasteiger partial charge >= 0.3 is 5.97 Å². The largest absolute Gasteiger partial charge is 0.334 e. The van der Waals surface area contributed by atoms with Gasteiger partial charge in [-0.3, -0.25) is 9.59 Å². The van der Waals surface area contributed by atoms with E-state index in [0.29, 0.717) is 5.06 Å². The third kappa shape index (κ3) is 2.77. The molecule has 0 saturated heterocycles. The zero-order chi connectivity index (χ0) is 16.6. The zero-order valence-corrected chi connectivity index (χ0v) is 13.6. The van der Waals surface area contributed by atoms with Gasteiger partial charge in [0, 0.05) is 10.3 Å². The summed E-state index contributed by atoms with van der Waals surface area (Å²) >= 11 is 1.55. The van der Waals surface area contributed by atoms with Crippen LogP contribution in [0, 0.1) is 0 Å². The highest BCUT2D eigenvalue weighted by Crippen LogP contribution is 2.31. The molecule has 0 fully saturated rings. The van der Waals surface area contributed by atoms with Crippen LogP contribution in [-0.4, -0.2) is 22.8 Å². The Hall–Kier alpha value is -2.47. The average Bonchev–Trinajstić information content (AvgIpc) is 3.12. The van der Waals surface area contributed by atoms with E-state index < -0.39 is 23.2 Å². The number of fused-ring (bicyclic) bond motifs is 1.